The molecule has 0 aliphatic carbocycles. The molecule has 0 bridgehead atoms. The van der Waals surface area contributed by atoms with Crippen LogP contribution in [-0.2, 0) is 9.53 Å². The third-order valence-corrected chi connectivity index (χ3v) is 5.24. The summed E-state index contributed by atoms with van der Waals surface area (Å²) < 4.78 is 11.2. The first-order chi connectivity index (χ1) is 15.2. The molecule has 2 aliphatic heterocycles. The first-order valence-corrected chi connectivity index (χ1v) is 10.7. The number of carbonyl (C=O) groups is 2. The molecule has 2 aromatic heterocycles. The van der Waals surface area contributed by atoms with E-state index in [9.17, 15) is 9.59 Å². The largest absolute Gasteiger partial charge is 0.476 e. The quantitative estimate of drug-likeness (QED) is 0.776. The molecule has 1 N–H and O–H groups in total. The van der Waals surface area contributed by atoms with Crippen LogP contribution in [0.2, 0.25) is 0 Å². The summed E-state index contributed by atoms with van der Waals surface area (Å²) in [6.45, 7) is 8.41. The Labute approximate surface area is 186 Å². The average Bonchev–Trinajstić information content (AvgIpc) is 2.73. The molecule has 0 unspecified atom stereocenters. The van der Waals surface area contributed by atoms with Gasteiger partial charge >= 0.3 is 6.09 Å². The fourth-order valence-corrected chi connectivity index (χ4v) is 3.85. The Balaban J connectivity index is 1.51. The van der Waals surface area contributed by atoms with Crippen LogP contribution in [0.1, 0.15) is 39.2 Å². The molecular formula is C22H28N6O4. The van der Waals surface area contributed by atoms with Crippen molar-refractivity contribution in [2.45, 2.75) is 52.2 Å². The molecule has 1 fully saturated rings. The summed E-state index contributed by atoms with van der Waals surface area (Å²) in [4.78, 5) is 41.4. The summed E-state index contributed by atoms with van der Waals surface area (Å²) in [5.74, 6) is 1.19. The van der Waals surface area contributed by atoms with Gasteiger partial charge in [0, 0.05) is 25.3 Å². The molecule has 2 aliphatic rings. The van der Waals surface area contributed by atoms with Gasteiger partial charge in [-0.15, -0.1) is 0 Å². The van der Waals surface area contributed by atoms with E-state index in [0.717, 1.165) is 11.3 Å². The highest BCUT2D eigenvalue weighted by Gasteiger charge is 2.37. The average molecular weight is 441 g/mol. The van der Waals surface area contributed by atoms with E-state index in [0.29, 0.717) is 43.3 Å². The van der Waals surface area contributed by atoms with Gasteiger partial charge in [-0.2, -0.15) is 0 Å². The minimum atomic E-state index is -0.541. The second kappa shape index (κ2) is 8.60. The Morgan fingerprint density at radius 2 is 1.97 bits per heavy atom. The van der Waals surface area contributed by atoms with Crippen LogP contribution in [0.5, 0.6) is 5.75 Å². The Bertz CT molecular complexity index is 1010. The zero-order chi connectivity index (χ0) is 22.9. The lowest BCUT2D eigenvalue weighted by Crippen LogP contribution is -2.52. The maximum Gasteiger partial charge on any atom is 0.410 e. The number of carbonyl (C=O) groups excluding carboxylic acids is 2. The fraction of sp³-hybridized carbons (Fsp3) is 0.500. The van der Waals surface area contributed by atoms with Gasteiger partial charge in [-0.1, -0.05) is 0 Å². The number of amides is 2. The molecule has 10 heteroatoms. The number of aryl methyl sites for hydroxylation is 1. The zero-order valence-corrected chi connectivity index (χ0v) is 18.8. The van der Waals surface area contributed by atoms with E-state index >= 15 is 0 Å². The normalized spacial score (nSPS) is 16.9. The molecule has 0 spiro atoms. The van der Waals surface area contributed by atoms with E-state index in [1.807, 2.05) is 33.8 Å². The number of hydrogen-bond acceptors (Lipinski definition) is 8. The Morgan fingerprint density at radius 1 is 1.22 bits per heavy atom. The number of ether oxygens (including phenoxy) is 2. The molecule has 32 heavy (non-hydrogen) atoms. The molecule has 1 saturated heterocycles. The maximum atomic E-state index is 12.8. The molecule has 2 aromatic rings. The standard InChI is InChI=1S/C22H28N6O4/c1-14-9-15(11-23-10-14)26-19-18-20(25-13-24-19)28(17(29)12-31-18)16-5-7-27(8-6-16)21(30)32-22(2,3)4/h9-11,13,16H,5-8,12H2,1-4H3,(H,24,25,26). The molecule has 0 aromatic carbocycles. The first-order valence-electron chi connectivity index (χ1n) is 10.7. The summed E-state index contributed by atoms with van der Waals surface area (Å²) in [6.07, 6.45) is 5.79. The van der Waals surface area contributed by atoms with Gasteiger partial charge in [-0.25, -0.2) is 14.8 Å². The number of nitrogens with one attached hydrogen (secondary N) is 1. The van der Waals surface area contributed by atoms with Crippen molar-refractivity contribution in [3.63, 3.8) is 0 Å². The van der Waals surface area contributed by atoms with Crippen LogP contribution in [0.3, 0.4) is 0 Å². The zero-order valence-electron chi connectivity index (χ0n) is 18.8. The lowest BCUT2D eigenvalue weighted by molar-refractivity contribution is -0.122. The monoisotopic (exact) mass is 440 g/mol. The van der Waals surface area contributed by atoms with Crippen molar-refractivity contribution in [2.75, 3.05) is 29.9 Å². The minimum Gasteiger partial charge on any atom is -0.476 e. The van der Waals surface area contributed by atoms with E-state index in [1.165, 1.54) is 6.33 Å². The summed E-state index contributed by atoms with van der Waals surface area (Å²) in [5.41, 5.74) is 1.23. The van der Waals surface area contributed by atoms with Crippen molar-refractivity contribution in [3.05, 3.63) is 30.4 Å². The molecular weight excluding hydrogens is 412 g/mol. The van der Waals surface area contributed by atoms with Crippen molar-refractivity contribution < 1.29 is 19.1 Å². The number of pyridine rings is 1. The molecule has 170 valence electrons. The van der Waals surface area contributed by atoms with Crippen LogP contribution in [0.15, 0.2) is 24.8 Å². The van der Waals surface area contributed by atoms with Crippen molar-refractivity contribution in [2.24, 2.45) is 0 Å². The van der Waals surface area contributed by atoms with Gasteiger partial charge in [0.15, 0.2) is 18.2 Å². The summed E-state index contributed by atoms with van der Waals surface area (Å²) in [6, 6.07) is 1.85. The van der Waals surface area contributed by atoms with Gasteiger partial charge in [-0.05, 0) is 52.2 Å². The summed E-state index contributed by atoms with van der Waals surface area (Å²) in [5, 5.41) is 3.21. The van der Waals surface area contributed by atoms with Gasteiger partial charge in [0.05, 0.1) is 11.9 Å². The van der Waals surface area contributed by atoms with Crippen molar-refractivity contribution in [1.29, 1.82) is 0 Å². The molecule has 10 nitrogen and oxygen atoms in total. The Kier molecular flexibility index (Phi) is 5.86. The van der Waals surface area contributed by atoms with Gasteiger partial charge in [0.1, 0.15) is 11.9 Å². The SMILES string of the molecule is Cc1cncc(Nc2ncnc3c2OCC(=O)N3C2CCN(C(=O)OC(C)(C)C)CC2)c1. The van der Waals surface area contributed by atoms with Crippen molar-refractivity contribution in [1.82, 2.24) is 19.9 Å². The van der Waals surface area contributed by atoms with Crippen molar-refractivity contribution >= 4 is 29.3 Å². The smallest absolute Gasteiger partial charge is 0.410 e. The number of fused-ring (bicyclic) bond motifs is 1. The third kappa shape index (κ3) is 4.74. The maximum absolute atomic E-state index is 12.8. The predicted octanol–water partition coefficient (Wildman–Crippen LogP) is 3.05. The minimum absolute atomic E-state index is 0.0899. The van der Waals surface area contributed by atoms with E-state index in [2.05, 4.69) is 20.3 Å². The van der Waals surface area contributed by atoms with Gasteiger partial charge in [0.2, 0.25) is 5.75 Å². The highest BCUT2D eigenvalue weighted by molar-refractivity contribution is 5.98. The van der Waals surface area contributed by atoms with Crippen molar-refractivity contribution in [3.8, 4) is 5.75 Å². The highest BCUT2D eigenvalue weighted by Crippen LogP contribution is 2.39. The Morgan fingerprint density at radius 3 is 2.66 bits per heavy atom. The number of rotatable bonds is 3. The number of hydrogen-bond donors (Lipinski definition) is 1. The van der Waals surface area contributed by atoms with E-state index in [1.54, 1.807) is 22.2 Å². The van der Waals surface area contributed by atoms with Gasteiger partial charge in [0.25, 0.3) is 5.91 Å². The summed E-state index contributed by atoms with van der Waals surface area (Å²) >= 11 is 0. The Hall–Kier alpha value is -3.43. The van der Waals surface area contributed by atoms with Crippen LogP contribution in [0.4, 0.5) is 22.1 Å². The van der Waals surface area contributed by atoms with Crippen LogP contribution < -0.4 is 15.0 Å². The van der Waals surface area contributed by atoms with Gasteiger partial charge < -0.3 is 19.7 Å². The molecule has 0 atom stereocenters. The number of likely N-dealkylation sites (tertiary alicyclic amines) is 1. The van der Waals surface area contributed by atoms with E-state index in [-0.39, 0.29) is 24.6 Å². The molecule has 0 saturated carbocycles. The molecule has 2 amide bonds. The first kappa shape index (κ1) is 21.8. The van der Waals surface area contributed by atoms with Crippen LogP contribution in [-0.4, -0.2) is 63.2 Å². The second-order valence-corrected chi connectivity index (χ2v) is 9.00. The fourth-order valence-electron chi connectivity index (χ4n) is 3.85. The number of nitrogens with zero attached hydrogens (tertiary/aromatic N) is 5. The third-order valence-electron chi connectivity index (χ3n) is 5.24. The summed E-state index contributed by atoms with van der Waals surface area (Å²) in [7, 11) is 0. The van der Waals surface area contributed by atoms with E-state index in [4.69, 9.17) is 9.47 Å². The number of anilines is 3. The van der Waals surface area contributed by atoms with Crippen LogP contribution in [0, 0.1) is 6.92 Å². The second-order valence-electron chi connectivity index (χ2n) is 9.00. The number of aromatic nitrogens is 3. The highest BCUT2D eigenvalue weighted by atomic mass is 16.6. The van der Waals surface area contributed by atoms with E-state index < -0.39 is 5.60 Å². The topological polar surface area (TPSA) is 110 Å². The lowest BCUT2D eigenvalue weighted by Gasteiger charge is -2.40. The predicted molar refractivity (Wildman–Crippen MR) is 118 cm³/mol. The molecule has 0 radical (unpaired) electrons. The van der Waals surface area contributed by atoms with Crippen LogP contribution in [0.25, 0.3) is 0 Å². The van der Waals surface area contributed by atoms with Gasteiger partial charge in [-0.3, -0.25) is 14.7 Å². The van der Waals surface area contributed by atoms with Crippen LogP contribution >= 0.6 is 0 Å². The molecule has 4 rings (SSSR count). The number of piperidine rings is 1. The lowest BCUT2D eigenvalue weighted by atomic mass is 10.0. The molecule has 4 heterocycles.